The SMILES string of the molecule is CCC(C)c1ccc(C(N)C2CC3CC3C2)cc1. The van der Waals surface area contributed by atoms with Gasteiger partial charge in [-0.05, 0) is 60.5 Å². The standard InChI is InChI=1S/C17H25N/c1-3-11(2)12-4-6-13(7-5-12)17(18)16-9-14-8-15(14)10-16/h4-7,11,14-17H,3,8-10,18H2,1-2H3. The summed E-state index contributed by atoms with van der Waals surface area (Å²) in [6.45, 7) is 4.54. The average Bonchev–Trinajstić information content (AvgIpc) is 3.03. The van der Waals surface area contributed by atoms with E-state index in [1.165, 1.54) is 36.8 Å². The van der Waals surface area contributed by atoms with Crippen LogP contribution in [0.15, 0.2) is 24.3 Å². The van der Waals surface area contributed by atoms with E-state index >= 15 is 0 Å². The van der Waals surface area contributed by atoms with E-state index in [0.29, 0.717) is 5.92 Å². The Morgan fingerprint density at radius 2 is 1.61 bits per heavy atom. The predicted molar refractivity (Wildman–Crippen MR) is 76.4 cm³/mol. The zero-order chi connectivity index (χ0) is 12.7. The van der Waals surface area contributed by atoms with E-state index in [-0.39, 0.29) is 6.04 Å². The highest BCUT2D eigenvalue weighted by Crippen LogP contribution is 2.56. The van der Waals surface area contributed by atoms with E-state index < -0.39 is 0 Å². The molecular formula is C17H25N. The maximum atomic E-state index is 6.44. The minimum atomic E-state index is 0.267. The van der Waals surface area contributed by atoms with Gasteiger partial charge in [0.2, 0.25) is 0 Å². The number of benzene rings is 1. The summed E-state index contributed by atoms with van der Waals surface area (Å²) in [6.07, 6.45) is 5.44. The molecule has 2 fully saturated rings. The van der Waals surface area contributed by atoms with Crippen LogP contribution < -0.4 is 5.73 Å². The summed E-state index contributed by atoms with van der Waals surface area (Å²) < 4.78 is 0. The van der Waals surface area contributed by atoms with E-state index in [4.69, 9.17) is 5.73 Å². The van der Waals surface area contributed by atoms with E-state index in [0.717, 1.165) is 17.8 Å². The molecule has 0 amide bonds. The molecule has 1 aromatic rings. The van der Waals surface area contributed by atoms with Crippen molar-refractivity contribution in [2.75, 3.05) is 0 Å². The Bertz CT molecular complexity index is 398. The molecule has 0 spiro atoms. The third-order valence-electron chi connectivity index (χ3n) is 5.29. The van der Waals surface area contributed by atoms with Crippen LogP contribution in [0.2, 0.25) is 0 Å². The lowest BCUT2D eigenvalue weighted by atomic mass is 9.88. The summed E-state index contributed by atoms with van der Waals surface area (Å²) in [5.41, 5.74) is 9.23. The second-order valence-corrected chi connectivity index (χ2v) is 6.49. The van der Waals surface area contributed by atoms with Crippen molar-refractivity contribution in [1.29, 1.82) is 0 Å². The van der Waals surface area contributed by atoms with Crippen molar-refractivity contribution in [3.05, 3.63) is 35.4 Å². The smallest absolute Gasteiger partial charge is 0.0323 e. The second-order valence-electron chi connectivity index (χ2n) is 6.49. The normalized spacial score (nSPS) is 32.9. The summed E-state index contributed by atoms with van der Waals surface area (Å²) in [4.78, 5) is 0. The quantitative estimate of drug-likeness (QED) is 0.840. The minimum Gasteiger partial charge on any atom is -0.324 e. The molecule has 98 valence electrons. The van der Waals surface area contributed by atoms with E-state index in [9.17, 15) is 0 Å². The Balaban J connectivity index is 1.68. The van der Waals surface area contributed by atoms with Gasteiger partial charge in [0.1, 0.15) is 0 Å². The van der Waals surface area contributed by atoms with Crippen molar-refractivity contribution in [2.45, 2.75) is 51.5 Å². The molecule has 0 aliphatic heterocycles. The van der Waals surface area contributed by atoms with Crippen LogP contribution in [-0.4, -0.2) is 0 Å². The Kier molecular flexibility index (Phi) is 3.19. The summed E-state index contributed by atoms with van der Waals surface area (Å²) in [5, 5.41) is 0. The lowest BCUT2D eigenvalue weighted by Gasteiger charge is -2.21. The fourth-order valence-electron chi connectivity index (χ4n) is 3.61. The third kappa shape index (κ3) is 2.21. The average molecular weight is 243 g/mol. The highest BCUT2D eigenvalue weighted by molar-refractivity contribution is 5.27. The predicted octanol–water partition coefficient (Wildman–Crippen LogP) is 4.25. The minimum absolute atomic E-state index is 0.267. The van der Waals surface area contributed by atoms with Crippen molar-refractivity contribution in [3.8, 4) is 0 Å². The molecule has 18 heavy (non-hydrogen) atoms. The first-order chi connectivity index (χ1) is 8.69. The molecule has 0 saturated heterocycles. The first-order valence-corrected chi connectivity index (χ1v) is 7.54. The van der Waals surface area contributed by atoms with Gasteiger partial charge in [-0.25, -0.2) is 0 Å². The molecule has 4 unspecified atom stereocenters. The second kappa shape index (κ2) is 4.70. The largest absolute Gasteiger partial charge is 0.324 e. The number of fused-ring (bicyclic) bond motifs is 1. The Morgan fingerprint density at radius 3 is 2.17 bits per heavy atom. The molecule has 1 nitrogen and oxygen atoms in total. The topological polar surface area (TPSA) is 26.0 Å². The molecule has 2 aliphatic carbocycles. The van der Waals surface area contributed by atoms with Crippen LogP contribution in [0.5, 0.6) is 0 Å². The van der Waals surface area contributed by atoms with Crippen LogP contribution >= 0.6 is 0 Å². The van der Waals surface area contributed by atoms with E-state index in [1.807, 2.05) is 0 Å². The zero-order valence-electron chi connectivity index (χ0n) is 11.6. The molecule has 1 aromatic carbocycles. The fraction of sp³-hybridized carbons (Fsp3) is 0.647. The number of nitrogens with two attached hydrogens (primary N) is 1. The van der Waals surface area contributed by atoms with Crippen LogP contribution in [-0.2, 0) is 0 Å². The van der Waals surface area contributed by atoms with Gasteiger partial charge in [0.25, 0.3) is 0 Å². The molecule has 0 aromatic heterocycles. The van der Waals surface area contributed by atoms with Crippen molar-refractivity contribution in [1.82, 2.24) is 0 Å². The highest BCUT2D eigenvalue weighted by atomic mass is 14.7. The summed E-state index contributed by atoms with van der Waals surface area (Å²) >= 11 is 0. The van der Waals surface area contributed by atoms with Gasteiger partial charge >= 0.3 is 0 Å². The van der Waals surface area contributed by atoms with E-state index in [2.05, 4.69) is 38.1 Å². The van der Waals surface area contributed by atoms with Gasteiger partial charge in [0, 0.05) is 6.04 Å². The van der Waals surface area contributed by atoms with Crippen LogP contribution in [0.25, 0.3) is 0 Å². The maximum Gasteiger partial charge on any atom is 0.0323 e. The van der Waals surface area contributed by atoms with Gasteiger partial charge in [-0.3, -0.25) is 0 Å². The summed E-state index contributed by atoms with van der Waals surface area (Å²) in [6, 6.07) is 9.34. The highest BCUT2D eigenvalue weighted by Gasteiger charge is 2.47. The van der Waals surface area contributed by atoms with Gasteiger partial charge in [0.05, 0.1) is 0 Å². The Labute approximate surface area is 111 Å². The van der Waals surface area contributed by atoms with Gasteiger partial charge < -0.3 is 5.73 Å². The molecule has 2 aliphatic rings. The van der Waals surface area contributed by atoms with Crippen molar-refractivity contribution in [2.24, 2.45) is 23.5 Å². The summed E-state index contributed by atoms with van der Waals surface area (Å²) in [7, 11) is 0. The lowest BCUT2D eigenvalue weighted by molar-refractivity contribution is 0.404. The van der Waals surface area contributed by atoms with Crippen LogP contribution in [0, 0.1) is 17.8 Å². The molecule has 2 N–H and O–H groups in total. The third-order valence-corrected chi connectivity index (χ3v) is 5.29. The molecule has 0 heterocycles. The number of rotatable bonds is 4. The van der Waals surface area contributed by atoms with Gasteiger partial charge in [-0.1, -0.05) is 38.1 Å². The fourth-order valence-corrected chi connectivity index (χ4v) is 3.61. The van der Waals surface area contributed by atoms with Crippen LogP contribution in [0.4, 0.5) is 0 Å². The maximum absolute atomic E-state index is 6.44. The summed E-state index contributed by atoms with van der Waals surface area (Å²) in [5.74, 6) is 3.46. The van der Waals surface area contributed by atoms with Gasteiger partial charge in [0.15, 0.2) is 0 Å². The molecule has 0 bridgehead atoms. The lowest BCUT2D eigenvalue weighted by Crippen LogP contribution is -2.20. The molecular weight excluding hydrogens is 218 g/mol. The van der Waals surface area contributed by atoms with Crippen molar-refractivity contribution in [3.63, 3.8) is 0 Å². The Hall–Kier alpha value is -0.820. The van der Waals surface area contributed by atoms with E-state index in [1.54, 1.807) is 0 Å². The number of hydrogen-bond donors (Lipinski definition) is 1. The first-order valence-electron chi connectivity index (χ1n) is 7.54. The first kappa shape index (κ1) is 12.2. The van der Waals surface area contributed by atoms with Gasteiger partial charge in [-0.2, -0.15) is 0 Å². The van der Waals surface area contributed by atoms with Crippen LogP contribution in [0.1, 0.15) is 62.6 Å². The van der Waals surface area contributed by atoms with Gasteiger partial charge in [-0.15, -0.1) is 0 Å². The molecule has 4 atom stereocenters. The van der Waals surface area contributed by atoms with Crippen LogP contribution in [0.3, 0.4) is 0 Å². The Morgan fingerprint density at radius 1 is 1.06 bits per heavy atom. The van der Waals surface area contributed by atoms with Crippen molar-refractivity contribution < 1.29 is 0 Å². The molecule has 1 heteroatoms. The zero-order valence-corrected chi connectivity index (χ0v) is 11.6. The molecule has 0 radical (unpaired) electrons. The van der Waals surface area contributed by atoms with Crippen molar-refractivity contribution >= 4 is 0 Å². The monoisotopic (exact) mass is 243 g/mol. The number of hydrogen-bond acceptors (Lipinski definition) is 1. The molecule has 3 rings (SSSR count). The molecule has 2 saturated carbocycles.